The number of aromatic nitrogens is 3. The summed E-state index contributed by atoms with van der Waals surface area (Å²) in [5.74, 6) is 0.593. The third-order valence-corrected chi connectivity index (χ3v) is 4.91. The van der Waals surface area contributed by atoms with E-state index in [0.29, 0.717) is 24.3 Å². The molecule has 0 saturated carbocycles. The number of fused-ring (bicyclic) bond motifs is 1. The molecule has 0 unspecified atom stereocenters. The van der Waals surface area contributed by atoms with Crippen molar-refractivity contribution in [2.24, 2.45) is 0 Å². The van der Waals surface area contributed by atoms with Gasteiger partial charge in [0.2, 0.25) is 0 Å². The van der Waals surface area contributed by atoms with E-state index in [-0.39, 0.29) is 5.91 Å². The predicted molar refractivity (Wildman–Crippen MR) is 112 cm³/mol. The molecule has 29 heavy (non-hydrogen) atoms. The topological polar surface area (TPSA) is 69.0 Å². The lowest BCUT2D eigenvalue weighted by Gasteiger charge is -2.12. The largest absolute Gasteiger partial charge is 0.497 e. The molecule has 2 aromatic heterocycles. The van der Waals surface area contributed by atoms with Crippen LogP contribution in [0.1, 0.15) is 27.2 Å². The minimum atomic E-state index is -0.145. The Morgan fingerprint density at radius 1 is 1.10 bits per heavy atom. The molecule has 4 rings (SSSR count). The second-order valence-electron chi connectivity index (χ2n) is 6.84. The van der Waals surface area contributed by atoms with Crippen molar-refractivity contribution >= 4 is 16.8 Å². The fourth-order valence-electron chi connectivity index (χ4n) is 3.33. The molecule has 6 heteroatoms. The van der Waals surface area contributed by atoms with Crippen LogP contribution in [-0.2, 0) is 13.1 Å². The molecule has 6 nitrogen and oxygen atoms in total. The molecule has 146 valence electrons. The number of nitrogens with zero attached hydrogens (tertiary/aromatic N) is 3. The van der Waals surface area contributed by atoms with Crippen molar-refractivity contribution in [3.05, 3.63) is 89.4 Å². The van der Waals surface area contributed by atoms with Crippen LogP contribution in [0.25, 0.3) is 10.9 Å². The van der Waals surface area contributed by atoms with Crippen molar-refractivity contribution in [3.8, 4) is 5.75 Å². The molecular formula is C23H22N4O2. The second-order valence-corrected chi connectivity index (χ2v) is 6.84. The molecule has 2 aromatic carbocycles. The van der Waals surface area contributed by atoms with Crippen LogP contribution in [0, 0.1) is 6.92 Å². The number of benzene rings is 2. The molecule has 0 atom stereocenters. The summed E-state index contributed by atoms with van der Waals surface area (Å²) in [4.78, 5) is 17.4. The van der Waals surface area contributed by atoms with E-state index in [1.165, 1.54) is 0 Å². The first-order valence-corrected chi connectivity index (χ1v) is 9.42. The second kappa shape index (κ2) is 8.14. The van der Waals surface area contributed by atoms with Gasteiger partial charge < -0.3 is 10.1 Å². The zero-order valence-electron chi connectivity index (χ0n) is 16.4. The van der Waals surface area contributed by atoms with Crippen LogP contribution in [0.4, 0.5) is 0 Å². The quantitative estimate of drug-likeness (QED) is 0.548. The molecule has 0 saturated heterocycles. The maximum atomic E-state index is 12.9. The highest BCUT2D eigenvalue weighted by atomic mass is 16.5. The summed E-state index contributed by atoms with van der Waals surface area (Å²) in [7, 11) is 1.62. The van der Waals surface area contributed by atoms with E-state index < -0.39 is 0 Å². The number of ether oxygens (including phenoxy) is 1. The van der Waals surface area contributed by atoms with Crippen molar-refractivity contribution in [1.29, 1.82) is 0 Å². The Morgan fingerprint density at radius 2 is 1.93 bits per heavy atom. The molecule has 1 N–H and O–H groups in total. The Kier molecular flexibility index (Phi) is 5.24. The highest BCUT2D eigenvalue weighted by Crippen LogP contribution is 2.22. The van der Waals surface area contributed by atoms with Gasteiger partial charge in [0.05, 0.1) is 30.4 Å². The van der Waals surface area contributed by atoms with Gasteiger partial charge in [0.1, 0.15) is 5.75 Å². The molecule has 4 aromatic rings. The van der Waals surface area contributed by atoms with Gasteiger partial charge in [0.15, 0.2) is 0 Å². The van der Waals surface area contributed by atoms with E-state index >= 15 is 0 Å². The van der Waals surface area contributed by atoms with Crippen LogP contribution >= 0.6 is 0 Å². The van der Waals surface area contributed by atoms with E-state index in [9.17, 15) is 4.79 Å². The molecule has 0 spiro atoms. The summed E-state index contributed by atoms with van der Waals surface area (Å²) in [6, 6.07) is 17.5. The first kappa shape index (κ1) is 18.7. The number of methoxy groups -OCH3 is 1. The maximum Gasteiger partial charge on any atom is 0.253 e. The predicted octanol–water partition coefficient (Wildman–Crippen LogP) is 3.73. The summed E-state index contributed by atoms with van der Waals surface area (Å²) >= 11 is 0. The van der Waals surface area contributed by atoms with Gasteiger partial charge in [-0.1, -0.05) is 24.3 Å². The minimum Gasteiger partial charge on any atom is -0.497 e. The summed E-state index contributed by atoms with van der Waals surface area (Å²) in [5.41, 5.74) is 4.28. The Balaban J connectivity index is 1.54. The van der Waals surface area contributed by atoms with Crippen LogP contribution in [0.2, 0.25) is 0 Å². The Bertz CT molecular complexity index is 1150. The maximum absolute atomic E-state index is 12.9. The lowest BCUT2D eigenvalue weighted by atomic mass is 10.1. The van der Waals surface area contributed by atoms with Crippen molar-refractivity contribution in [2.45, 2.75) is 20.0 Å². The normalized spacial score (nSPS) is 10.8. The number of aryl methyl sites for hydroxylation is 1. The SMILES string of the molecule is COc1ccc2nc(C)c(C(=O)NCc3ccccc3Cn3cccn3)cc2c1. The van der Waals surface area contributed by atoms with Crippen molar-refractivity contribution in [1.82, 2.24) is 20.1 Å². The number of amides is 1. The molecule has 0 aliphatic heterocycles. The molecule has 0 radical (unpaired) electrons. The van der Waals surface area contributed by atoms with Crippen LogP contribution in [0.15, 0.2) is 67.0 Å². The molecule has 0 aliphatic carbocycles. The van der Waals surface area contributed by atoms with Gasteiger partial charge in [-0.15, -0.1) is 0 Å². The summed E-state index contributed by atoms with van der Waals surface area (Å²) < 4.78 is 7.15. The van der Waals surface area contributed by atoms with Gasteiger partial charge in [-0.25, -0.2) is 0 Å². The average Bonchev–Trinajstić information content (AvgIpc) is 3.25. The Hall–Kier alpha value is -3.67. The van der Waals surface area contributed by atoms with E-state index in [2.05, 4.69) is 21.5 Å². The number of carbonyl (C=O) groups excluding carboxylic acids is 1. The van der Waals surface area contributed by atoms with E-state index in [1.807, 2.05) is 66.3 Å². The molecule has 0 bridgehead atoms. The third-order valence-electron chi connectivity index (χ3n) is 4.91. The number of hydrogen-bond donors (Lipinski definition) is 1. The van der Waals surface area contributed by atoms with Gasteiger partial charge in [0, 0.05) is 24.3 Å². The van der Waals surface area contributed by atoms with Crippen LogP contribution < -0.4 is 10.1 Å². The van der Waals surface area contributed by atoms with Gasteiger partial charge in [-0.05, 0) is 48.4 Å². The van der Waals surface area contributed by atoms with Crippen LogP contribution in [-0.4, -0.2) is 27.8 Å². The Morgan fingerprint density at radius 3 is 2.69 bits per heavy atom. The van der Waals surface area contributed by atoms with Crippen LogP contribution in [0.3, 0.4) is 0 Å². The highest BCUT2D eigenvalue weighted by molar-refractivity contribution is 5.98. The summed E-state index contributed by atoms with van der Waals surface area (Å²) in [6.45, 7) is 2.95. The number of rotatable bonds is 6. The van der Waals surface area contributed by atoms with Gasteiger partial charge in [-0.2, -0.15) is 5.10 Å². The highest BCUT2D eigenvalue weighted by Gasteiger charge is 2.13. The molecule has 0 aliphatic rings. The molecular weight excluding hydrogens is 364 g/mol. The standard InChI is InChI=1S/C23H22N4O2/c1-16-21(13-19-12-20(29-2)8-9-22(19)26-16)23(28)24-14-17-6-3-4-7-18(17)15-27-11-5-10-25-27/h3-13H,14-15H2,1-2H3,(H,24,28). The Labute approximate surface area is 169 Å². The van der Waals surface area contributed by atoms with Crippen molar-refractivity contribution in [2.75, 3.05) is 7.11 Å². The van der Waals surface area contributed by atoms with E-state index in [4.69, 9.17) is 4.74 Å². The van der Waals surface area contributed by atoms with Crippen LogP contribution in [0.5, 0.6) is 5.75 Å². The lowest BCUT2D eigenvalue weighted by Crippen LogP contribution is -2.24. The summed E-state index contributed by atoms with van der Waals surface area (Å²) in [5, 5.41) is 8.16. The monoisotopic (exact) mass is 386 g/mol. The van der Waals surface area contributed by atoms with Gasteiger partial charge in [-0.3, -0.25) is 14.5 Å². The number of pyridine rings is 1. The molecule has 0 fully saturated rings. The third kappa shape index (κ3) is 4.11. The fraction of sp³-hybridized carbons (Fsp3) is 0.174. The van der Waals surface area contributed by atoms with E-state index in [1.54, 1.807) is 13.3 Å². The lowest BCUT2D eigenvalue weighted by molar-refractivity contribution is 0.0950. The number of hydrogen-bond acceptors (Lipinski definition) is 4. The number of carbonyl (C=O) groups is 1. The molecule has 2 heterocycles. The smallest absolute Gasteiger partial charge is 0.253 e. The van der Waals surface area contributed by atoms with Gasteiger partial charge in [0.25, 0.3) is 5.91 Å². The summed E-state index contributed by atoms with van der Waals surface area (Å²) in [6.07, 6.45) is 3.68. The first-order chi connectivity index (χ1) is 14.1. The fourth-order valence-corrected chi connectivity index (χ4v) is 3.33. The number of nitrogens with one attached hydrogen (secondary N) is 1. The van der Waals surface area contributed by atoms with Gasteiger partial charge >= 0.3 is 0 Å². The zero-order chi connectivity index (χ0) is 20.2. The van der Waals surface area contributed by atoms with Crippen molar-refractivity contribution < 1.29 is 9.53 Å². The van der Waals surface area contributed by atoms with E-state index in [0.717, 1.165) is 27.8 Å². The van der Waals surface area contributed by atoms with Crippen molar-refractivity contribution in [3.63, 3.8) is 0 Å². The minimum absolute atomic E-state index is 0.145. The zero-order valence-corrected chi connectivity index (χ0v) is 16.4. The average molecular weight is 386 g/mol. The first-order valence-electron chi connectivity index (χ1n) is 9.42. The molecule has 1 amide bonds.